The van der Waals surface area contributed by atoms with E-state index >= 15 is 0 Å². The van der Waals surface area contributed by atoms with Crippen molar-refractivity contribution in [3.63, 3.8) is 0 Å². The number of hydrogen-bond acceptors (Lipinski definition) is 3. The Morgan fingerprint density at radius 3 is 2.74 bits per heavy atom. The van der Waals surface area contributed by atoms with E-state index in [4.69, 9.17) is 9.47 Å². The zero-order valence-corrected chi connectivity index (χ0v) is 12.5. The van der Waals surface area contributed by atoms with E-state index < -0.39 is 11.9 Å². The molecule has 3 nitrogen and oxygen atoms in total. The zero-order chi connectivity index (χ0) is 14.3. The van der Waals surface area contributed by atoms with Crippen LogP contribution in [-0.2, 0) is 15.9 Å². The van der Waals surface area contributed by atoms with Gasteiger partial charge in [-0.15, -0.1) is 0 Å². The minimum absolute atomic E-state index is 0.286. The maximum atomic E-state index is 10.6. The van der Waals surface area contributed by atoms with Crippen molar-refractivity contribution < 1.29 is 14.6 Å². The molecule has 1 aromatic rings. The van der Waals surface area contributed by atoms with Crippen LogP contribution in [0.5, 0.6) is 0 Å². The summed E-state index contributed by atoms with van der Waals surface area (Å²) in [7, 11) is 1.63. The molecule has 0 heterocycles. The van der Waals surface area contributed by atoms with Crippen molar-refractivity contribution in [1.29, 1.82) is 0 Å². The molecule has 0 spiro atoms. The lowest BCUT2D eigenvalue weighted by Gasteiger charge is -2.33. The largest absolute Gasteiger partial charge is 0.388 e. The first kappa shape index (κ1) is 14.5. The fraction of sp³-hybridized carbons (Fsp3) is 0.625. The van der Waals surface area contributed by atoms with Gasteiger partial charge < -0.3 is 14.6 Å². The summed E-state index contributed by atoms with van der Waals surface area (Å²) in [5, 5.41) is 10.6. The average molecular weight is 264 g/mol. The molecule has 1 aliphatic carbocycles. The number of methoxy groups -OCH3 is 1. The highest BCUT2D eigenvalue weighted by molar-refractivity contribution is 5.39. The number of aliphatic hydroxyl groups excluding tert-OH is 1. The Hall–Kier alpha value is -0.900. The third kappa shape index (κ3) is 2.83. The number of fused-ring (bicyclic) bond motifs is 1. The SMILES string of the molecule is COC(C)(C)OCC1(C)Cc2ccc(C)cc2C1O. The van der Waals surface area contributed by atoms with E-state index in [0.717, 1.165) is 12.0 Å². The van der Waals surface area contributed by atoms with E-state index in [1.54, 1.807) is 7.11 Å². The lowest BCUT2D eigenvalue weighted by Crippen LogP contribution is -2.35. The van der Waals surface area contributed by atoms with Gasteiger partial charge in [0.1, 0.15) is 0 Å². The molecular formula is C16H24O3. The summed E-state index contributed by atoms with van der Waals surface area (Å²) >= 11 is 0. The average Bonchev–Trinajstić information content (AvgIpc) is 2.61. The molecular weight excluding hydrogens is 240 g/mol. The second-order valence-electron chi connectivity index (χ2n) is 6.33. The highest BCUT2D eigenvalue weighted by atomic mass is 16.7. The van der Waals surface area contributed by atoms with Crippen LogP contribution in [0.15, 0.2) is 18.2 Å². The van der Waals surface area contributed by atoms with Crippen LogP contribution in [0.1, 0.15) is 43.6 Å². The molecule has 0 aromatic heterocycles. The number of hydrogen-bond donors (Lipinski definition) is 1. The third-order valence-electron chi connectivity index (χ3n) is 4.09. The summed E-state index contributed by atoms with van der Waals surface area (Å²) in [4.78, 5) is 0. The molecule has 0 fully saturated rings. The summed E-state index contributed by atoms with van der Waals surface area (Å²) < 4.78 is 11.1. The normalized spacial score (nSPS) is 26.5. The molecule has 1 aliphatic rings. The van der Waals surface area contributed by atoms with Gasteiger partial charge in [-0.05, 0) is 38.3 Å². The van der Waals surface area contributed by atoms with Crippen molar-refractivity contribution in [3.05, 3.63) is 34.9 Å². The smallest absolute Gasteiger partial charge is 0.162 e. The van der Waals surface area contributed by atoms with Gasteiger partial charge in [0.25, 0.3) is 0 Å². The summed E-state index contributed by atoms with van der Waals surface area (Å²) in [6, 6.07) is 6.28. The van der Waals surface area contributed by atoms with Crippen LogP contribution in [0.25, 0.3) is 0 Å². The van der Waals surface area contributed by atoms with Gasteiger partial charge in [0, 0.05) is 12.5 Å². The van der Waals surface area contributed by atoms with E-state index in [0.29, 0.717) is 6.61 Å². The molecule has 0 saturated heterocycles. The fourth-order valence-electron chi connectivity index (χ4n) is 2.56. The first-order valence-electron chi connectivity index (χ1n) is 6.74. The van der Waals surface area contributed by atoms with Crippen LogP contribution in [0.3, 0.4) is 0 Å². The van der Waals surface area contributed by atoms with Crippen molar-refractivity contribution in [1.82, 2.24) is 0 Å². The standard InChI is InChI=1S/C16H24O3/c1-11-6-7-12-9-16(4,14(17)13(12)8-11)10-19-15(2,3)18-5/h6-8,14,17H,9-10H2,1-5H3. The molecule has 0 aliphatic heterocycles. The summed E-state index contributed by atoms with van der Waals surface area (Å²) in [6.45, 7) is 8.36. The summed E-state index contributed by atoms with van der Waals surface area (Å²) in [5.74, 6) is -0.618. The maximum Gasteiger partial charge on any atom is 0.162 e. The Kier molecular flexibility index (Phi) is 3.74. The molecule has 1 aromatic carbocycles. The van der Waals surface area contributed by atoms with Crippen LogP contribution < -0.4 is 0 Å². The predicted molar refractivity (Wildman–Crippen MR) is 75.0 cm³/mol. The van der Waals surface area contributed by atoms with E-state index in [9.17, 15) is 5.11 Å². The highest BCUT2D eigenvalue weighted by Crippen LogP contribution is 2.46. The second kappa shape index (κ2) is 4.89. The van der Waals surface area contributed by atoms with Crippen LogP contribution in [-0.4, -0.2) is 24.6 Å². The van der Waals surface area contributed by atoms with Gasteiger partial charge in [0.05, 0.1) is 12.7 Å². The molecule has 2 unspecified atom stereocenters. The van der Waals surface area contributed by atoms with Crippen molar-refractivity contribution >= 4 is 0 Å². The zero-order valence-electron chi connectivity index (χ0n) is 12.5. The molecule has 19 heavy (non-hydrogen) atoms. The van der Waals surface area contributed by atoms with E-state index in [1.807, 2.05) is 20.8 Å². The van der Waals surface area contributed by atoms with E-state index in [2.05, 4.69) is 25.1 Å². The molecule has 0 amide bonds. The first-order chi connectivity index (χ1) is 8.77. The Bertz CT molecular complexity index is 467. The maximum absolute atomic E-state index is 10.6. The second-order valence-corrected chi connectivity index (χ2v) is 6.33. The first-order valence-corrected chi connectivity index (χ1v) is 6.74. The Morgan fingerprint density at radius 1 is 1.42 bits per heavy atom. The number of rotatable bonds is 4. The molecule has 2 atom stereocenters. The van der Waals surface area contributed by atoms with Gasteiger partial charge in [-0.1, -0.05) is 30.7 Å². The number of ether oxygens (including phenoxy) is 2. The summed E-state index contributed by atoms with van der Waals surface area (Å²) in [5.41, 5.74) is 3.16. The molecule has 1 N–H and O–H groups in total. The molecule has 0 bridgehead atoms. The van der Waals surface area contributed by atoms with E-state index in [-0.39, 0.29) is 5.41 Å². The molecule has 2 rings (SSSR count). The summed E-state index contributed by atoms with van der Waals surface area (Å²) in [6.07, 6.45) is 0.360. The van der Waals surface area contributed by atoms with Crippen molar-refractivity contribution in [2.75, 3.05) is 13.7 Å². The number of aryl methyl sites for hydroxylation is 1. The highest BCUT2D eigenvalue weighted by Gasteiger charge is 2.42. The molecule has 0 saturated carbocycles. The number of benzene rings is 1. The quantitative estimate of drug-likeness (QED) is 0.850. The topological polar surface area (TPSA) is 38.7 Å². The lowest BCUT2D eigenvalue weighted by atomic mass is 9.85. The van der Waals surface area contributed by atoms with Crippen molar-refractivity contribution in [3.8, 4) is 0 Å². The van der Waals surface area contributed by atoms with Crippen molar-refractivity contribution in [2.24, 2.45) is 5.41 Å². The minimum atomic E-state index is -0.618. The van der Waals surface area contributed by atoms with Crippen molar-refractivity contribution in [2.45, 2.75) is 46.0 Å². The van der Waals surface area contributed by atoms with Gasteiger partial charge >= 0.3 is 0 Å². The van der Waals surface area contributed by atoms with Gasteiger partial charge in [0.15, 0.2) is 5.79 Å². The Balaban J connectivity index is 2.15. The number of aliphatic hydroxyl groups is 1. The lowest BCUT2D eigenvalue weighted by molar-refractivity contribution is -0.218. The molecule has 106 valence electrons. The van der Waals surface area contributed by atoms with Gasteiger partial charge in [-0.3, -0.25) is 0 Å². The predicted octanol–water partition coefficient (Wildman–Crippen LogP) is 2.99. The van der Waals surface area contributed by atoms with Gasteiger partial charge in [0.2, 0.25) is 0 Å². The molecule has 3 heteroatoms. The van der Waals surface area contributed by atoms with Gasteiger partial charge in [-0.25, -0.2) is 0 Å². The van der Waals surface area contributed by atoms with Crippen LogP contribution >= 0.6 is 0 Å². The molecule has 0 radical (unpaired) electrons. The minimum Gasteiger partial charge on any atom is -0.388 e. The van der Waals surface area contributed by atoms with Gasteiger partial charge in [-0.2, -0.15) is 0 Å². The Morgan fingerprint density at radius 2 is 2.11 bits per heavy atom. The third-order valence-corrected chi connectivity index (χ3v) is 4.09. The van der Waals surface area contributed by atoms with Crippen LogP contribution in [0, 0.1) is 12.3 Å². The van der Waals surface area contributed by atoms with E-state index in [1.165, 1.54) is 11.1 Å². The van der Waals surface area contributed by atoms with Crippen LogP contribution in [0.4, 0.5) is 0 Å². The fourth-order valence-corrected chi connectivity index (χ4v) is 2.56. The monoisotopic (exact) mass is 264 g/mol. The van der Waals surface area contributed by atoms with Crippen LogP contribution in [0.2, 0.25) is 0 Å². The Labute approximate surface area is 115 Å².